The zero-order valence-corrected chi connectivity index (χ0v) is 17.7. The van der Waals surface area contributed by atoms with Crippen LogP contribution in [0.25, 0.3) is 0 Å². The molecule has 8 heteroatoms. The van der Waals surface area contributed by atoms with Crippen molar-refractivity contribution in [2.45, 2.75) is 26.2 Å². The van der Waals surface area contributed by atoms with Crippen LogP contribution in [0.4, 0.5) is 0 Å². The van der Waals surface area contributed by atoms with Crippen LogP contribution in [0.3, 0.4) is 0 Å². The van der Waals surface area contributed by atoms with Gasteiger partial charge in [0.25, 0.3) is 0 Å². The average molecular weight is 393 g/mol. The number of carbonyl (C=O) groups excluding carboxylic acids is 2. The van der Waals surface area contributed by atoms with Gasteiger partial charge in [0.1, 0.15) is 6.54 Å². The van der Waals surface area contributed by atoms with Crippen LogP contribution < -0.4 is 5.32 Å². The van der Waals surface area contributed by atoms with Gasteiger partial charge in [0, 0.05) is 59.9 Å². The Hall–Kier alpha value is -2.09. The lowest BCUT2D eigenvalue weighted by molar-refractivity contribution is -0.133. The van der Waals surface area contributed by atoms with Gasteiger partial charge in [-0.3, -0.25) is 14.5 Å². The summed E-state index contributed by atoms with van der Waals surface area (Å²) >= 11 is 0. The van der Waals surface area contributed by atoms with Crippen LogP contribution in [0.15, 0.2) is 17.1 Å². The van der Waals surface area contributed by atoms with Crippen LogP contribution in [-0.2, 0) is 9.59 Å². The van der Waals surface area contributed by atoms with Crippen molar-refractivity contribution >= 4 is 17.8 Å². The largest absolute Gasteiger partial charge is 0.353 e. The second kappa shape index (κ2) is 11.0. The standard InChI is InChI=1S/C20H36N6O2/c1-17(2)14-21-20(22-15-18(27)23(3)4)26-12-10-24(11-13-26)16-19(28)25-8-6-5-7-9-25/h1,5-16H2,2-4H3,(H,21,22). The predicted molar refractivity (Wildman–Crippen MR) is 112 cm³/mol. The maximum absolute atomic E-state index is 12.5. The van der Waals surface area contributed by atoms with E-state index in [-0.39, 0.29) is 18.4 Å². The molecule has 0 aromatic carbocycles. The maximum Gasteiger partial charge on any atom is 0.243 e. The Morgan fingerprint density at radius 1 is 1.00 bits per heavy atom. The number of likely N-dealkylation sites (N-methyl/N-ethyl adjacent to an activating group) is 1. The van der Waals surface area contributed by atoms with Crippen molar-refractivity contribution in [2.24, 2.45) is 4.99 Å². The minimum Gasteiger partial charge on any atom is -0.353 e. The highest BCUT2D eigenvalue weighted by molar-refractivity contribution is 5.85. The van der Waals surface area contributed by atoms with E-state index in [1.807, 2.05) is 11.8 Å². The molecule has 1 N–H and O–H groups in total. The third-order valence-electron chi connectivity index (χ3n) is 5.15. The number of guanidine groups is 1. The number of hydrogen-bond acceptors (Lipinski definition) is 4. The number of piperidine rings is 1. The summed E-state index contributed by atoms with van der Waals surface area (Å²) in [6.45, 7) is 12.1. The van der Waals surface area contributed by atoms with E-state index in [1.54, 1.807) is 19.0 Å². The van der Waals surface area contributed by atoms with E-state index in [9.17, 15) is 9.59 Å². The molecule has 0 spiro atoms. The Balaban J connectivity index is 1.86. The van der Waals surface area contributed by atoms with Crippen molar-refractivity contribution in [3.05, 3.63) is 12.2 Å². The molecule has 2 amide bonds. The summed E-state index contributed by atoms with van der Waals surface area (Å²) in [5.74, 6) is 0.958. The normalized spacial score (nSPS) is 18.8. The van der Waals surface area contributed by atoms with Crippen LogP contribution in [0.1, 0.15) is 26.2 Å². The van der Waals surface area contributed by atoms with E-state index in [0.717, 1.165) is 63.6 Å². The molecule has 0 aliphatic carbocycles. The van der Waals surface area contributed by atoms with Gasteiger partial charge in [0.15, 0.2) is 5.96 Å². The van der Waals surface area contributed by atoms with Gasteiger partial charge in [0.05, 0.1) is 6.54 Å². The van der Waals surface area contributed by atoms with Crippen molar-refractivity contribution in [1.29, 1.82) is 0 Å². The fourth-order valence-corrected chi connectivity index (χ4v) is 3.33. The molecule has 2 aliphatic rings. The number of nitrogens with zero attached hydrogens (tertiary/aromatic N) is 5. The summed E-state index contributed by atoms with van der Waals surface area (Å²) < 4.78 is 0. The number of rotatable bonds is 6. The molecule has 0 unspecified atom stereocenters. The quantitative estimate of drug-likeness (QED) is 0.398. The lowest BCUT2D eigenvalue weighted by Gasteiger charge is -2.37. The van der Waals surface area contributed by atoms with E-state index in [4.69, 9.17) is 0 Å². The van der Waals surface area contributed by atoms with Crippen molar-refractivity contribution in [1.82, 2.24) is 24.9 Å². The Labute approximate surface area is 169 Å². The predicted octanol–water partition coefficient (Wildman–Crippen LogP) is 0.226. The number of carbonyl (C=O) groups is 2. The third kappa shape index (κ3) is 7.14. The third-order valence-corrected chi connectivity index (χ3v) is 5.15. The van der Waals surface area contributed by atoms with E-state index < -0.39 is 0 Å². The van der Waals surface area contributed by atoms with Crippen LogP contribution in [0.2, 0.25) is 0 Å². The first-order chi connectivity index (χ1) is 13.4. The Bertz CT molecular complexity index is 575. The highest BCUT2D eigenvalue weighted by Gasteiger charge is 2.24. The zero-order chi connectivity index (χ0) is 20.5. The van der Waals surface area contributed by atoms with Gasteiger partial charge in [0.2, 0.25) is 11.8 Å². The summed E-state index contributed by atoms with van der Waals surface area (Å²) in [5, 5.41) is 3.30. The summed E-state index contributed by atoms with van der Waals surface area (Å²) in [6, 6.07) is 0. The summed E-state index contributed by atoms with van der Waals surface area (Å²) in [7, 11) is 3.47. The first kappa shape index (κ1) is 22.2. The summed E-state index contributed by atoms with van der Waals surface area (Å²) in [5.41, 5.74) is 1.01. The molecule has 0 atom stereocenters. The molecule has 2 fully saturated rings. The Morgan fingerprint density at radius 3 is 2.21 bits per heavy atom. The fourth-order valence-electron chi connectivity index (χ4n) is 3.33. The number of aliphatic imine (C=N–C) groups is 1. The first-order valence-electron chi connectivity index (χ1n) is 10.2. The molecule has 158 valence electrons. The zero-order valence-electron chi connectivity index (χ0n) is 17.7. The topological polar surface area (TPSA) is 71.5 Å². The lowest BCUT2D eigenvalue weighted by Crippen LogP contribution is -2.54. The van der Waals surface area contributed by atoms with E-state index in [2.05, 4.69) is 26.7 Å². The molecule has 2 rings (SSSR count). The van der Waals surface area contributed by atoms with Crippen molar-refractivity contribution in [3.63, 3.8) is 0 Å². The maximum atomic E-state index is 12.5. The molecular weight excluding hydrogens is 356 g/mol. The molecule has 0 aromatic heterocycles. The molecular formula is C20H36N6O2. The van der Waals surface area contributed by atoms with Crippen LogP contribution >= 0.6 is 0 Å². The van der Waals surface area contributed by atoms with Gasteiger partial charge < -0.3 is 20.0 Å². The van der Waals surface area contributed by atoms with E-state index in [1.165, 1.54) is 6.42 Å². The molecule has 2 heterocycles. The minimum atomic E-state index is -0.0274. The SMILES string of the molecule is C=C(C)CNC(=NCC(=O)N(C)C)N1CCN(CC(=O)N2CCCCC2)CC1. The van der Waals surface area contributed by atoms with Gasteiger partial charge in [-0.25, -0.2) is 4.99 Å². The van der Waals surface area contributed by atoms with E-state index >= 15 is 0 Å². The molecule has 0 radical (unpaired) electrons. The van der Waals surface area contributed by atoms with Gasteiger partial charge in [-0.1, -0.05) is 12.2 Å². The second-order valence-corrected chi connectivity index (χ2v) is 7.94. The van der Waals surface area contributed by atoms with Gasteiger partial charge in [-0.15, -0.1) is 0 Å². The minimum absolute atomic E-state index is 0.0274. The number of piperazine rings is 1. The van der Waals surface area contributed by atoms with Crippen LogP contribution in [0.5, 0.6) is 0 Å². The number of hydrogen-bond donors (Lipinski definition) is 1. The van der Waals surface area contributed by atoms with Crippen molar-refractivity contribution < 1.29 is 9.59 Å². The number of nitrogens with one attached hydrogen (secondary N) is 1. The van der Waals surface area contributed by atoms with Gasteiger partial charge in [-0.05, 0) is 26.2 Å². The molecule has 0 aromatic rings. The molecule has 0 bridgehead atoms. The van der Waals surface area contributed by atoms with Crippen molar-refractivity contribution in [3.8, 4) is 0 Å². The van der Waals surface area contributed by atoms with E-state index in [0.29, 0.717) is 13.1 Å². The number of likely N-dealkylation sites (tertiary alicyclic amines) is 1. The monoisotopic (exact) mass is 392 g/mol. The highest BCUT2D eigenvalue weighted by Crippen LogP contribution is 2.10. The molecule has 2 saturated heterocycles. The smallest absolute Gasteiger partial charge is 0.243 e. The fraction of sp³-hybridized carbons (Fsp3) is 0.750. The van der Waals surface area contributed by atoms with Crippen LogP contribution in [0, 0.1) is 0 Å². The highest BCUT2D eigenvalue weighted by atomic mass is 16.2. The second-order valence-electron chi connectivity index (χ2n) is 7.94. The Morgan fingerprint density at radius 2 is 1.64 bits per heavy atom. The molecule has 0 saturated carbocycles. The number of amides is 2. The van der Waals surface area contributed by atoms with Gasteiger partial charge in [-0.2, -0.15) is 0 Å². The van der Waals surface area contributed by atoms with Gasteiger partial charge >= 0.3 is 0 Å². The van der Waals surface area contributed by atoms with Crippen molar-refractivity contribution in [2.75, 3.05) is 73.0 Å². The lowest BCUT2D eigenvalue weighted by atomic mass is 10.1. The molecule has 2 aliphatic heterocycles. The molecule has 8 nitrogen and oxygen atoms in total. The first-order valence-corrected chi connectivity index (χ1v) is 10.2. The Kier molecular flexibility index (Phi) is 8.76. The summed E-state index contributed by atoms with van der Waals surface area (Å²) in [4.78, 5) is 36.8. The summed E-state index contributed by atoms with van der Waals surface area (Å²) in [6.07, 6.45) is 3.48. The average Bonchev–Trinajstić information content (AvgIpc) is 2.69. The van der Waals surface area contributed by atoms with Crippen LogP contribution in [-0.4, -0.2) is 110 Å². The molecule has 28 heavy (non-hydrogen) atoms.